The van der Waals surface area contributed by atoms with Crippen molar-refractivity contribution in [1.29, 1.82) is 0 Å². The number of benzene rings is 3. The number of carbonyl (C=O) groups is 1. The van der Waals surface area contributed by atoms with Crippen LogP contribution in [-0.4, -0.2) is 21.0 Å². The van der Waals surface area contributed by atoms with E-state index in [0.717, 1.165) is 11.1 Å². The van der Waals surface area contributed by atoms with Crippen LogP contribution in [0.3, 0.4) is 0 Å². The summed E-state index contributed by atoms with van der Waals surface area (Å²) in [7, 11) is -1.85. The molecule has 4 rings (SSSR count). The van der Waals surface area contributed by atoms with Gasteiger partial charge in [0.15, 0.2) is 11.5 Å². The normalized spacial score (nSPS) is 13.7. The molecule has 1 unspecified atom stereocenters. The average molecular weight is 446 g/mol. The van der Waals surface area contributed by atoms with E-state index in [1.165, 1.54) is 5.19 Å². The summed E-state index contributed by atoms with van der Waals surface area (Å²) in [4.78, 5) is 12.6. The minimum absolute atomic E-state index is 0.208. The second-order valence-electron chi connectivity index (χ2n) is 8.24. The van der Waals surface area contributed by atoms with Crippen LogP contribution in [0, 0.1) is 0 Å². The van der Waals surface area contributed by atoms with E-state index >= 15 is 0 Å². The quantitative estimate of drug-likeness (QED) is 0.515. The lowest BCUT2D eigenvalue weighted by Gasteiger charge is -2.21. The van der Waals surface area contributed by atoms with Gasteiger partial charge >= 0.3 is 6.09 Å². The van der Waals surface area contributed by atoms with E-state index in [1.807, 2.05) is 54.6 Å². The van der Waals surface area contributed by atoms with Gasteiger partial charge in [-0.2, -0.15) is 0 Å². The third-order valence-corrected chi connectivity index (χ3v) is 8.31. The number of fused-ring (bicyclic) bond motifs is 1. The molecule has 32 heavy (non-hydrogen) atoms. The first kappa shape index (κ1) is 21.7. The summed E-state index contributed by atoms with van der Waals surface area (Å²) < 4.78 is 16.4. The Morgan fingerprint density at radius 2 is 1.69 bits per heavy atom. The van der Waals surface area contributed by atoms with Gasteiger partial charge in [0.05, 0.1) is 6.04 Å². The predicted octanol–water partition coefficient (Wildman–Crippen LogP) is 5.09. The molecule has 0 saturated heterocycles. The van der Waals surface area contributed by atoms with Crippen LogP contribution in [0.15, 0.2) is 90.6 Å². The van der Waals surface area contributed by atoms with Gasteiger partial charge in [-0.3, -0.25) is 0 Å². The van der Waals surface area contributed by atoms with Gasteiger partial charge in [-0.1, -0.05) is 96.8 Å². The lowest BCUT2D eigenvalue weighted by Crippen LogP contribution is -2.39. The van der Waals surface area contributed by atoms with Gasteiger partial charge in [0, 0.05) is 0 Å². The summed E-state index contributed by atoms with van der Waals surface area (Å²) >= 11 is 0. The molecule has 0 spiro atoms. The number of carbonyl (C=O) groups excluding carboxylic acids is 1. The van der Waals surface area contributed by atoms with Crippen molar-refractivity contribution < 1.29 is 19.0 Å². The standard InChI is InChI=1S/C26H27NO4Si/c1-32(2,22-11-7-4-8-12-22)16-15-23(21-13-14-24-25(17-21)31-19-30-24)27-26(28)29-18-20-9-5-3-6-10-20/h3-17,23H,18-19H2,1-2H3,(H,27,28)/b16-15+. The molecule has 1 heterocycles. The lowest BCUT2D eigenvalue weighted by atomic mass is 10.1. The summed E-state index contributed by atoms with van der Waals surface area (Å²) in [6.07, 6.45) is 1.58. The maximum Gasteiger partial charge on any atom is 0.408 e. The Labute approximate surface area is 189 Å². The Morgan fingerprint density at radius 1 is 1.00 bits per heavy atom. The van der Waals surface area contributed by atoms with Crippen LogP contribution in [0.5, 0.6) is 11.5 Å². The minimum atomic E-state index is -1.85. The SMILES string of the molecule is C[Si](C)(/C=C/C(NC(=O)OCc1ccccc1)c1ccc2c(c1)OCO2)c1ccccc1. The summed E-state index contributed by atoms with van der Waals surface area (Å²) in [5, 5.41) is 4.32. The molecule has 0 aliphatic carbocycles. The number of rotatable bonds is 7. The molecule has 6 heteroatoms. The van der Waals surface area contributed by atoms with Gasteiger partial charge in [0.1, 0.15) is 14.7 Å². The second kappa shape index (κ2) is 9.74. The summed E-state index contributed by atoms with van der Waals surface area (Å²) in [6, 6.07) is 25.5. The molecule has 0 fully saturated rings. The Balaban J connectivity index is 1.53. The highest BCUT2D eigenvalue weighted by Crippen LogP contribution is 2.34. The van der Waals surface area contributed by atoms with Crippen molar-refractivity contribution in [3.8, 4) is 11.5 Å². The molecular weight excluding hydrogens is 418 g/mol. The van der Waals surface area contributed by atoms with Crippen molar-refractivity contribution in [1.82, 2.24) is 5.32 Å². The molecule has 1 amide bonds. The largest absolute Gasteiger partial charge is 0.454 e. The Hall–Kier alpha value is -3.51. The number of ether oxygens (including phenoxy) is 3. The van der Waals surface area contributed by atoms with Crippen LogP contribution in [0.4, 0.5) is 4.79 Å². The van der Waals surface area contributed by atoms with E-state index in [1.54, 1.807) is 0 Å². The molecule has 3 aromatic carbocycles. The highest BCUT2D eigenvalue weighted by molar-refractivity contribution is 6.93. The van der Waals surface area contributed by atoms with Crippen LogP contribution in [-0.2, 0) is 11.3 Å². The zero-order valence-electron chi connectivity index (χ0n) is 18.3. The third kappa shape index (κ3) is 5.39. The maximum atomic E-state index is 12.6. The number of alkyl carbamates (subject to hydrolysis) is 1. The zero-order valence-corrected chi connectivity index (χ0v) is 19.3. The molecule has 1 aliphatic rings. The van der Waals surface area contributed by atoms with Gasteiger partial charge in [-0.15, -0.1) is 0 Å². The maximum absolute atomic E-state index is 12.6. The monoisotopic (exact) mass is 445 g/mol. The van der Waals surface area contributed by atoms with Crippen LogP contribution in [0.25, 0.3) is 0 Å². The van der Waals surface area contributed by atoms with Gasteiger partial charge < -0.3 is 19.5 Å². The molecule has 0 bridgehead atoms. The molecule has 1 N–H and O–H groups in total. The number of hydrogen-bond acceptors (Lipinski definition) is 4. The minimum Gasteiger partial charge on any atom is -0.454 e. The van der Waals surface area contributed by atoms with E-state index < -0.39 is 14.2 Å². The first-order chi connectivity index (χ1) is 15.5. The van der Waals surface area contributed by atoms with Gasteiger partial charge in [0.2, 0.25) is 6.79 Å². The lowest BCUT2D eigenvalue weighted by molar-refractivity contribution is 0.137. The van der Waals surface area contributed by atoms with Crippen molar-refractivity contribution in [2.45, 2.75) is 25.7 Å². The molecule has 1 atom stereocenters. The molecule has 164 valence electrons. The fourth-order valence-electron chi connectivity index (χ4n) is 3.54. The van der Waals surface area contributed by atoms with E-state index in [2.05, 4.69) is 54.5 Å². The highest BCUT2D eigenvalue weighted by Gasteiger charge is 2.22. The Bertz CT molecular complexity index is 1080. The number of nitrogens with one attached hydrogen (secondary N) is 1. The third-order valence-electron chi connectivity index (χ3n) is 5.46. The van der Waals surface area contributed by atoms with Crippen LogP contribution in [0.1, 0.15) is 17.2 Å². The first-order valence-corrected chi connectivity index (χ1v) is 13.7. The molecule has 0 saturated carbocycles. The number of hydrogen-bond donors (Lipinski definition) is 1. The smallest absolute Gasteiger partial charge is 0.408 e. The van der Waals surface area contributed by atoms with E-state index in [-0.39, 0.29) is 19.4 Å². The first-order valence-electron chi connectivity index (χ1n) is 10.6. The van der Waals surface area contributed by atoms with Crippen LogP contribution < -0.4 is 20.0 Å². The van der Waals surface area contributed by atoms with Gasteiger partial charge in [-0.05, 0) is 23.3 Å². The Morgan fingerprint density at radius 3 is 2.44 bits per heavy atom. The van der Waals surface area contributed by atoms with Crippen molar-refractivity contribution in [2.75, 3.05) is 6.79 Å². The molecular formula is C26H27NO4Si. The van der Waals surface area contributed by atoms with Crippen molar-refractivity contribution in [2.24, 2.45) is 0 Å². The summed E-state index contributed by atoms with van der Waals surface area (Å²) in [5.41, 5.74) is 4.09. The van der Waals surface area contributed by atoms with Gasteiger partial charge in [0.25, 0.3) is 0 Å². The van der Waals surface area contributed by atoms with Crippen LogP contribution in [0.2, 0.25) is 13.1 Å². The van der Waals surface area contributed by atoms with Crippen molar-refractivity contribution in [3.63, 3.8) is 0 Å². The highest BCUT2D eigenvalue weighted by atomic mass is 28.3. The van der Waals surface area contributed by atoms with Crippen molar-refractivity contribution >= 4 is 19.4 Å². The molecule has 0 radical (unpaired) electrons. The van der Waals surface area contributed by atoms with E-state index in [4.69, 9.17) is 14.2 Å². The fourth-order valence-corrected chi connectivity index (χ4v) is 5.46. The fraction of sp³-hybridized carbons (Fsp3) is 0.192. The van der Waals surface area contributed by atoms with E-state index in [0.29, 0.717) is 11.5 Å². The molecule has 1 aliphatic heterocycles. The molecule has 5 nitrogen and oxygen atoms in total. The van der Waals surface area contributed by atoms with Crippen LogP contribution >= 0.6 is 0 Å². The zero-order chi connectivity index (χ0) is 22.4. The number of amides is 1. The summed E-state index contributed by atoms with van der Waals surface area (Å²) in [6.45, 7) is 4.99. The predicted molar refractivity (Wildman–Crippen MR) is 128 cm³/mol. The Kier molecular flexibility index (Phi) is 6.61. The molecule has 0 aromatic heterocycles. The average Bonchev–Trinajstić information content (AvgIpc) is 3.30. The van der Waals surface area contributed by atoms with Crippen molar-refractivity contribution in [3.05, 3.63) is 102 Å². The van der Waals surface area contributed by atoms with Gasteiger partial charge in [-0.25, -0.2) is 4.79 Å². The topological polar surface area (TPSA) is 56.8 Å². The summed E-state index contributed by atoms with van der Waals surface area (Å²) in [5.74, 6) is 1.39. The molecule has 3 aromatic rings. The second-order valence-corrected chi connectivity index (χ2v) is 12.6. The van der Waals surface area contributed by atoms with E-state index in [9.17, 15) is 4.79 Å².